The zero-order valence-electron chi connectivity index (χ0n) is 9.21. The zero-order chi connectivity index (χ0) is 12.3. The molecular weight excluding hydrogens is 245 g/mol. The molecule has 0 radical (unpaired) electrons. The molecular formula is C12H13ClFNO2. The minimum atomic E-state index is -0.543. The van der Waals surface area contributed by atoms with Crippen LogP contribution in [0.5, 0.6) is 5.75 Å². The smallest absolute Gasteiger partial charge is 0.261 e. The van der Waals surface area contributed by atoms with Crippen LogP contribution in [0.2, 0.25) is 5.02 Å². The number of carbonyl (C=O) groups excluding carboxylic acids is 1. The number of carbonyl (C=O) groups is 1. The predicted molar refractivity (Wildman–Crippen MR) is 62.7 cm³/mol. The van der Waals surface area contributed by atoms with E-state index in [0.29, 0.717) is 18.7 Å². The van der Waals surface area contributed by atoms with E-state index >= 15 is 0 Å². The third-order valence-electron chi connectivity index (χ3n) is 2.65. The Morgan fingerprint density at radius 2 is 2.24 bits per heavy atom. The fourth-order valence-electron chi connectivity index (χ4n) is 1.74. The highest BCUT2D eigenvalue weighted by atomic mass is 35.5. The number of ether oxygens (including phenoxy) is 1. The Hall–Kier alpha value is -1.29. The molecule has 0 bridgehead atoms. The lowest BCUT2D eigenvalue weighted by Gasteiger charge is -2.15. The van der Waals surface area contributed by atoms with Crippen molar-refractivity contribution in [3.05, 3.63) is 29.0 Å². The third kappa shape index (κ3) is 3.09. The van der Waals surface area contributed by atoms with E-state index in [4.69, 9.17) is 16.3 Å². The van der Waals surface area contributed by atoms with Gasteiger partial charge in [-0.3, -0.25) is 4.79 Å². The van der Waals surface area contributed by atoms with Crippen LogP contribution in [0, 0.1) is 5.82 Å². The summed E-state index contributed by atoms with van der Waals surface area (Å²) in [5.41, 5.74) is 0. The first kappa shape index (κ1) is 12.2. The van der Waals surface area contributed by atoms with Gasteiger partial charge in [-0.1, -0.05) is 11.6 Å². The quantitative estimate of drug-likeness (QED) is 0.884. The molecule has 1 aromatic rings. The molecule has 17 heavy (non-hydrogen) atoms. The number of hydrogen-bond donors (Lipinski definition) is 1. The summed E-state index contributed by atoms with van der Waals surface area (Å²) < 4.78 is 18.7. The molecule has 92 valence electrons. The summed E-state index contributed by atoms with van der Waals surface area (Å²) in [5, 5.41) is 2.80. The Bertz CT molecular complexity index is 425. The van der Waals surface area contributed by atoms with Crippen molar-refractivity contribution in [3.63, 3.8) is 0 Å². The summed E-state index contributed by atoms with van der Waals surface area (Å²) in [6.45, 7) is 0.674. The maximum atomic E-state index is 13.2. The molecule has 1 aromatic carbocycles. The number of amides is 1. The average molecular weight is 258 g/mol. The van der Waals surface area contributed by atoms with Crippen molar-refractivity contribution in [1.29, 1.82) is 0 Å². The summed E-state index contributed by atoms with van der Waals surface area (Å²) in [6.07, 6.45) is 1.97. The number of rotatable bonds is 2. The van der Waals surface area contributed by atoms with Crippen molar-refractivity contribution in [2.24, 2.45) is 0 Å². The third-order valence-corrected chi connectivity index (χ3v) is 2.96. The molecule has 1 atom stereocenters. The highest BCUT2D eigenvalue weighted by molar-refractivity contribution is 6.30. The van der Waals surface area contributed by atoms with Gasteiger partial charge in [0, 0.05) is 12.6 Å². The lowest BCUT2D eigenvalue weighted by Crippen LogP contribution is -2.36. The molecule has 1 fully saturated rings. The molecule has 2 rings (SSSR count). The van der Waals surface area contributed by atoms with E-state index in [1.807, 2.05) is 0 Å². The summed E-state index contributed by atoms with van der Waals surface area (Å²) in [7, 11) is 0. The highest BCUT2D eigenvalue weighted by Crippen LogP contribution is 2.22. The van der Waals surface area contributed by atoms with Crippen molar-refractivity contribution in [1.82, 2.24) is 5.32 Å². The Morgan fingerprint density at radius 3 is 3.00 bits per heavy atom. The second-order valence-electron chi connectivity index (χ2n) is 3.97. The summed E-state index contributed by atoms with van der Waals surface area (Å²) >= 11 is 5.57. The fraction of sp³-hybridized carbons (Fsp3) is 0.417. The standard InChI is InChI=1S/C12H13ClFNO2/c13-9-5-4-8(7-10(9)14)17-11-3-1-2-6-15-12(11)16/h4-5,7,11H,1-3,6H2,(H,15,16). The normalized spacial score (nSPS) is 20.6. The van der Waals surface area contributed by atoms with Gasteiger partial charge in [0.05, 0.1) is 5.02 Å². The molecule has 1 amide bonds. The van der Waals surface area contributed by atoms with Crippen LogP contribution in [0.4, 0.5) is 4.39 Å². The molecule has 0 aromatic heterocycles. The Kier molecular flexibility index (Phi) is 3.84. The second kappa shape index (κ2) is 5.36. The molecule has 0 aliphatic carbocycles. The van der Waals surface area contributed by atoms with Crippen molar-refractivity contribution in [2.75, 3.05) is 6.54 Å². The van der Waals surface area contributed by atoms with Gasteiger partial charge in [0.25, 0.3) is 5.91 Å². The molecule has 1 heterocycles. The highest BCUT2D eigenvalue weighted by Gasteiger charge is 2.22. The molecule has 1 saturated heterocycles. The van der Waals surface area contributed by atoms with Crippen LogP contribution in [0.1, 0.15) is 19.3 Å². The van der Waals surface area contributed by atoms with Gasteiger partial charge in [0.2, 0.25) is 0 Å². The van der Waals surface area contributed by atoms with E-state index in [1.54, 1.807) is 6.07 Å². The van der Waals surface area contributed by atoms with Gasteiger partial charge in [-0.15, -0.1) is 0 Å². The minimum absolute atomic E-state index is 0.0441. The number of halogens is 2. The molecule has 1 unspecified atom stereocenters. The van der Waals surface area contributed by atoms with Crippen LogP contribution in [-0.4, -0.2) is 18.6 Å². The topological polar surface area (TPSA) is 38.3 Å². The largest absolute Gasteiger partial charge is 0.481 e. The Morgan fingerprint density at radius 1 is 1.41 bits per heavy atom. The van der Waals surface area contributed by atoms with Gasteiger partial charge in [0.15, 0.2) is 6.10 Å². The molecule has 1 aliphatic rings. The lowest BCUT2D eigenvalue weighted by atomic mass is 10.2. The van der Waals surface area contributed by atoms with Gasteiger partial charge >= 0.3 is 0 Å². The van der Waals surface area contributed by atoms with Crippen molar-refractivity contribution in [3.8, 4) is 5.75 Å². The van der Waals surface area contributed by atoms with Crippen LogP contribution in [0.15, 0.2) is 18.2 Å². The monoisotopic (exact) mass is 257 g/mol. The first-order valence-electron chi connectivity index (χ1n) is 5.56. The Balaban J connectivity index is 2.08. The predicted octanol–water partition coefficient (Wildman–Crippen LogP) is 2.53. The maximum absolute atomic E-state index is 13.2. The molecule has 1 N–H and O–H groups in total. The minimum Gasteiger partial charge on any atom is -0.481 e. The van der Waals surface area contributed by atoms with E-state index in [2.05, 4.69) is 5.32 Å². The van der Waals surface area contributed by atoms with Crippen molar-refractivity contribution >= 4 is 17.5 Å². The second-order valence-corrected chi connectivity index (χ2v) is 4.38. The van der Waals surface area contributed by atoms with Crippen molar-refractivity contribution in [2.45, 2.75) is 25.4 Å². The van der Waals surface area contributed by atoms with Crippen LogP contribution in [0.3, 0.4) is 0 Å². The van der Waals surface area contributed by atoms with E-state index in [0.717, 1.165) is 12.8 Å². The molecule has 5 heteroatoms. The molecule has 0 spiro atoms. The van der Waals surface area contributed by atoms with Crippen LogP contribution >= 0.6 is 11.6 Å². The first-order chi connectivity index (χ1) is 8.16. The van der Waals surface area contributed by atoms with Gasteiger partial charge in [-0.2, -0.15) is 0 Å². The van der Waals surface area contributed by atoms with Crippen LogP contribution in [-0.2, 0) is 4.79 Å². The van der Waals surface area contributed by atoms with Gasteiger partial charge in [-0.25, -0.2) is 4.39 Å². The average Bonchev–Trinajstić information content (AvgIpc) is 2.50. The Labute approximate surface area is 104 Å². The number of nitrogens with one attached hydrogen (secondary N) is 1. The first-order valence-corrected chi connectivity index (χ1v) is 5.94. The summed E-state index contributed by atoms with van der Waals surface area (Å²) in [5.74, 6) is -0.356. The lowest BCUT2D eigenvalue weighted by molar-refractivity contribution is -0.127. The van der Waals surface area contributed by atoms with E-state index < -0.39 is 11.9 Å². The van der Waals surface area contributed by atoms with Gasteiger partial charge < -0.3 is 10.1 Å². The SMILES string of the molecule is O=C1NCCCCC1Oc1ccc(Cl)c(F)c1. The molecule has 1 aliphatic heterocycles. The van der Waals surface area contributed by atoms with Crippen LogP contribution < -0.4 is 10.1 Å². The zero-order valence-corrected chi connectivity index (χ0v) is 9.97. The van der Waals surface area contributed by atoms with Gasteiger partial charge in [-0.05, 0) is 31.4 Å². The maximum Gasteiger partial charge on any atom is 0.261 e. The molecule has 3 nitrogen and oxygen atoms in total. The molecule has 0 saturated carbocycles. The van der Waals surface area contributed by atoms with E-state index in [-0.39, 0.29) is 10.9 Å². The van der Waals surface area contributed by atoms with Crippen molar-refractivity contribution < 1.29 is 13.9 Å². The van der Waals surface area contributed by atoms with Gasteiger partial charge in [0.1, 0.15) is 11.6 Å². The summed E-state index contributed by atoms with van der Waals surface area (Å²) in [6, 6.07) is 4.17. The fourth-order valence-corrected chi connectivity index (χ4v) is 1.86. The number of hydrogen-bond acceptors (Lipinski definition) is 2. The van der Waals surface area contributed by atoms with E-state index in [9.17, 15) is 9.18 Å². The number of benzene rings is 1. The van der Waals surface area contributed by atoms with Crippen LogP contribution in [0.25, 0.3) is 0 Å². The summed E-state index contributed by atoms with van der Waals surface area (Å²) in [4.78, 5) is 11.6. The van der Waals surface area contributed by atoms with E-state index in [1.165, 1.54) is 12.1 Å².